The zero-order chi connectivity index (χ0) is 8.81. The molecule has 13 heavy (non-hydrogen) atoms. The Morgan fingerprint density at radius 2 is 1.85 bits per heavy atom. The molecule has 0 aliphatic rings. The Kier molecular flexibility index (Phi) is 6.55. The van der Waals surface area contributed by atoms with E-state index in [1.165, 1.54) is 10.4 Å². The molecule has 0 spiro atoms. The second-order valence-corrected chi connectivity index (χ2v) is 4.46. The predicted octanol–water partition coefficient (Wildman–Crippen LogP) is 4.75. The average molecular weight is 212 g/mol. The van der Waals surface area contributed by atoms with E-state index >= 15 is 0 Å². The van der Waals surface area contributed by atoms with Crippen molar-refractivity contribution in [3.05, 3.63) is 44.8 Å². The van der Waals surface area contributed by atoms with Crippen LogP contribution in [0.4, 0.5) is 0 Å². The van der Waals surface area contributed by atoms with E-state index in [4.69, 9.17) is 0 Å². The van der Waals surface area contributed by atoms with Crippen LogP contribution in [0.15, 0.2) is 34.3 Å². The molecule has 0 unspecified atom stereocenters. The third-order valence-electron chi connectivity index (χ3n) is 1.33. The van der Waals surface area contributed by atoms with Gasteiger partial charge in [-0.25, -0.2) is 0 Å². The summed E-state index contributed by atoms with van der Waals surface area (Å²) in [6, 6.07) is 6.26. The second-order valence-electron chi connectivity index (χ2n) is 2.52. The molecule has 2 heteroatoms. The van der Waals surface area contributed by atoms with Gasteiger partial charge in [0.05, 0.1) is 0 Å². The van der Waals surface area contributed by atoms with E-state index in [1.54, 1.807) is 22.7 Å². The van der Waals surface area contributed by atoms with Crippen LogP contribution in [0.5, 0.6) is 0 Å². The van der Waals surface area contributed by atoms with Crippen molar-refractivity contribution < 1.29 is 0 Å². The van der Waals surface area contributed by atoms with Crippen molar-refractivity contribution in [2.45, 2.75) is 21.3 Å². The van der Waals surface area contributed by atoms with Gasteiger partial charge in [0.2, 0.25) is 0 Å². The Morgan fingerprint density at radius 3 is 2.00 bits per heavy atom. The largest absolute Gasteiger partial charge is 0.152 e. The summed E-state index contributed by atoms with van der Waals surface area (Å²) in [7, 11) is 0. The lowest BCUT2D eigenvalue weighted by atomic mass is 10.4. The third-order valence-corrected chi connectivity index (χ3v) is 2.93. The highest BCUT2D eigenvalue weighted by molar-refractivity contribution is 7.09. The molecule has 0 fully saturated rings. The summed E-state index contributed by atoms with van der Waals surface area (Å²) in [5, 5.41) is 6.28. The summed E-state index contributed by atoms with van der Waals surface area (Å²) in [4.78, 5) is 1.38. The minimum Gasteiger partial charge on any atom is -0.152 e. The molecule has 0 bridgehead atoms. The zero-order valence-electron chi connectivity index (χ0n) is 7.28. The number of hydrogen-bond acceptors (Lipinski definition) is 2. The highest BCUT2D eigenvalue weighted by Gasteiger charge is 1.75. The molecule has 0 N–H and O–H groups in total. The fourth-order valence-corrected chi connectivity index (χ4v) is 1.89. The monoisotopic (exact) mass is 212 g/mol. The van der Waals surface area contributed by atoms with E-state index in [2.05, 4.69) is 48.2 Å². The fourth-order valence-electron chi connectivity index (χ4n) is 0.693. The predicted molar refractivity (Wildman–Crippen MR) is 64.8 cm³/mol. The van der Waals surface area contributed by atoms with E-state index in [0.29, 0.717) is 0 Å². The van der Waals surface area contributed by atoms with Crippen molar-refractivity contribution in [3.8, 4) is 0 Å². The zero-order valence-corrected chi connectivity index (χ0v) is 8.91. The Morgan fingerprint density at radius 1 is 1.08 bits per heavy atom. The van der Waals surface area contributed by atoms with Crippen molar-refractivity contribution in [1.29, 1.82) is 0 Å². The molecule has 0 aliphatic heterocycles. The molecule has 2 aromatic heterocycles. The van der Waals surface area contributed by atoms with Gasteiger partial charge in [-0.15, -0.1) is 11.3 Å². The molecule has 2 heterocycles. The van der Waals surface area contributed by atoms with Crippen molar-refractivity contribution in [1.82, 2.24) is 0 Å². The van der Waals surface area contributed by atoms with Gasteiger partial charge in [-0.3, -0.25) is 0 Å². The Labute approximate surface area is 88.9 Å². The fraction of sp³-hybridized carbons (Fsp3) is 0.273. The van der Waals surface area contributed by atoms with Gasteiger partial charge in [0.1, 0.15) is 0 Å². The quantitative estimate of drug-likeness (QED) is 0.591. The van der Waals surface area contributed by atoms with Gasteiger partial charge in [0.15, 0.2) is 0 Å². The van der Waals surface area contributed by atoms with Gasteiger partial charge in [-0.2, -0.15) is 11.3 Å². The topological polar surface area (TPSA) is 0 Å². The van der Waals surface area contributed by atoms with Crippen LogP contribution in [0, 0.1) is 13.8 Å². The lowest BCUT2D eigenvalue weighted by Crippen LogP contribution is -1.47. The maximum Gasteiger partial charge on any atom is 0.00141 e. The molecule has 0 aromatic carbocycles. The first kappa shape index (κ1) is 12.4. The van der Waals surface area contributed by atoms with Crippen LogP contribution >= 0.6 is 22.7 Å². The van der Waals surface area contributed by atoms with Gasteiger partial charge in [0.25, 0.3) is 0 Å². The summed E-state index contributed by atoms with van der Waals surface area (Å²) in [6.07, 6.45) is 0. The Hall–Kier alpha value is -0.600. The minimum atomic E-state index is 0. The van der Waals surface area contributed by atoms with Crippen LogP contribution < -0.4 is 0 Å². The number of rotatable bonds is 0. The van der Waals surface area contributed by atoms with Crippen molar-refractivity contribution in [2.24, 2.45) is 0 Å². The first-order chi connectivity index (χ1) is 5.79. The van der Waals surface area contributed by atoms with Gasteiger partial charge in [0, 0.05) is 4.88 Å². The molecular weight excluding hydrogens is 196 g/mol. The SMILES string of the molecule is C.Cc1cccs1.Cc1ccsc1. The third kappa shape index (κ3) is 5.61. The number of aryl methyl sites for hydroxylation is 2. The summed E-state index contributed by atoms with van der Waals surface area (Å²) in [6.45, 7) is 4.20. The first-order valence-electron chi connectivity index (χ1n) is 3.78. The maximum absolute atomic E-state index is 2.12. The molecule has 0 amide bonds. The molecule has 0 saturated heterocycles. The molecule has 0 saturated carbocycles. The highest BCUT2D eigenvalue weighted by Crippen LogP contribution is 2.03. The van der Waals surface area contributed by atoms with Gasteiger partial charge < -0.3 is 0 Å². The molecule has 0 aliphatic carbocycles. The standard InChI is InChI=1S/2C5H6S.CH4/c1-5-2-3-6-4-5;1-5-3-2-4-6-5;/h2*2-4H,1H3;1H4. The highest BCUT2D eigenvalue weighted by atomic mass is 32.1. The van der Waals surface area contributed by atoms with E-state index in [9.17, 15) is 0 Å². The van der Waals surface area contributed by atoms with Crippen LogP contribution in [0.2, 0.25) is 0 Å². The van der Waals surface area contributed by atoms with Crippen LogP contribution in [-0.2, 0) is 0 Å². The maximum atomic E-state index is 2.12. The molecule has 0 atom stereocenters. The van der Waals surface area contributed by atoms with Crippen molar-refractivity contribution in [3.63, 3.8) is 0 Å². The summed E-state index contributed by atoms with van der Waals surface area (Å²) < 4.78 is 0. The van der Waals surface area contributed by atoms with Gasteiger partial charge in [-0.05, 0) is 47.7 Å². The van der Waals surface area contributed by atoms with Gasteiger partial charge >= 0.3 is 0 Å². The number of thiophene rings is 2. The van der Waals surface area contributed by atoms with Crippen molar-refractivity contribution >= 4 is 22.7 Å². The van der Waals surface area contributed by atoms with E-state index in [-0.39, 0.29) is 7.43 Å². The lowest BCUT2D eigenvalue weighted by Gasteiger charge is -1.65. The summed E-state index contributed by atoms with van der Waals surface area (Å²) in [5.74, 6) is 0. The molecule has 72 valence electrons. The summed E-state index contributed by atoms with van der Waals surface area (Å²) in [5.41, 5.74) is 1.36. The minimum absolute atomic E-state index is 0. The van der Waals surface area contributed by atoms with Crippen LogP contribution in [0.1, 0.15) is 17.9 Å². The van der Waals surface area contributed by atoms with Crippen molar-refractivity contribution in [2.75, 3.05) is 0 Å². The molecule has 0 nitrogen and oxygen atoms in total. The number of hydrogen-bond donors (Lipinski definition) is 0. The van der Waals surface area contributed by atoms with E-state index in [1.807, 2.05) is 0 Å². The smallest absolute Gasteiger partial charge is 0.00141 e. The van der Waals surface area contributed by atoms with Crippen LogP contribution in [0.3, 0.4) is 0 Å². The normalized spacial score (nSPS) is 8.15. The molecule has 0 radical (unpaired) electrons. The van der Waals surface area contributed by atoms with E-state index in [0.717, 1.165) is 0 Å². The lowest BCUT2D eigenvalue weighted by molar-refractivity contribution is 1.56. The second kappa shape index (κ2) is 6.87. The Bertz CT molecular complexity index is 247. The van der Waals surface area contributed by atoms with E-state index < -0.39 is 0 Å². The van der Waals surface area contributed by atoms with Crippen LogP contribution in [0.25, 0.3) is 0 Å². The average Bonchev–Trinajstić information content (AvgIpc) is 2.63. The molecule has 2 rings (SSSR count). The summed E-state index contributed by atoms with van der Waals surface area (Å²) >= 11 is 3.52. The molecule has 2 aromatic rings. The molecular formula is C11H16S2. The first-order valence-corrected chi connectivity index (χ1v) is 5.60. The van der Waals surface area contributed by atoms with Crippen LogP contribution in [-0.4, -0.2) is 0 Å². The Balaban J connectivity index is 0.000000206. The van der Waals surface area contributed by atoms with Gasteiger partial charge in [-0.1, -0.05) is 13.5 Å².